The minimum absolute atomic E-state index is 0.204. The summed E-state index contributed by atoms with van der Waals surface area (Å²) in [6, 6.07) is 0. The Balaban J connectivity index is 2.20. The number of esters is 2. The van der Waals surface area contributed by atoms with Crippen LogP contribution >= 0.6 is 0 Å². The Morgan fingerprint density at radius 2 is 1.93 bits per heavy atom. The minimum Gasteiger partial charge on any atom is -0.393 e. The van der Waals surface area contributed by atoms with Gasteiger partial charge in [0.1, 0.15) is 0 Å². The molecule has 0 bridgehead atoms. The van der Waals surface area contributed by atoms with Crippen LogP contribution in [0.25, 0.3) is 0 Å². The molecule has 0 radical (unpaired) electrons. The molecule has 2 atom stereocenters. The summed E-state index contributed by atoms with van der Waals surface area (Å²) in [6.45, 7) is 4.21. The number of fused-ring (bicyclic) bond motifs is 1. The van der Waals surface area contributed by atoms with Crippen LogP contribution in [0.4, 0.5) is 0 Å². The second kappa shape index (κ2) is 3.23. The zero-order valence-corrected chi connectivity index (χ0v) is 8.45. The van der Waals surface area contributed by atoms with Crippen LogP contribution in [0.15, 0.2) is 11.6 Å². The van der Waals surface area contributed by atoms with E-state index in [1.807, 2.05) is 0 Å². The van der Waals surface area contributed by atoms with Gasteiger partial charge in [-0.2, -0.15) is 0 Å². The monoisotopic (exact) mass is 194 g/mol. The van der Waals surface area contributed by atoms with Crippen molar-refractivity contribution in [3.8, 4) is 0 Å². The van der Waals surface area contributed by atoms with Crippen molar-refractivity contribution >= 4 is 11.9 Å². The lowest BCUT2D eigenvalue weighted by molar-refractivity contribution is -0.153. The number of ether oxygens (including phenoxy) is 1. The molecule has 3 nitrogen and oxygen atoms in total. The van der Waals surface area contributed by atoms with E-state index in [9.17, 15) is 9.59 Å². The molecule has 0 aromatic carbocycles. The first-order valence-corrected chi connectivity index (χ1v) is 5.04. The standard InChI is InChI=1S/C11H14O3/c1-6(2)7-3-4-8-9(5-7)11(13)14-10(8)12/h3,6,8-9H,4-5H2,1-2H3/t8-,9+/m1/s1. The number of carbonyl (C=O) groups excluding carboxylic acids is 2. The molecule has 1 aliphatic carbocycles. The average Bonchev–Trinajstić information content (AvgIpc) is 2.42. The van der Waals surface area contributed by atoms with Crippen molar-refractivity contribution in [1.29, 1.82) is 0 Å². The zero-order valence-electron chi connectivity index (χ0n) is 8.45. The quantitative estimate of drug-likeness (QED) is 0.362. The molecule has 14 heavy (non-hydrogen) atoms. The maximum Gasteiger partial charge on any atom is 0.317 e. The second-order valence-electron chi connectivity index (χ2n) is 4.33. The van der Waals surface area contributed by atoms with Gasteiger partial charge in [0.25, 0.3) is 0 Å². The topological polar surface area (TPSA) is 43.4 Å². The van der Waals surface area contributed by atoms with E-state index < -0.39 is 0 Å². The first-order chi connectivity index (χ1) is 6.59. The molecular weight excluding hydrogens is 180 g/mol. The van der Waals surface area contributed by atoms with Crippen LogP contribution in [-0.4, -0.2) is 11.9 Å². The lowest BCUT2D eigenvalue weighted by Crippen LogP contribution is -2.22. The number of rotatable bonds is 1. The Bertz CT molecular complexity index is 314. The van der Waals surface area contributed by atoms with E-state index in [1.165, 1.54) is 5.57 Å². The Labute approximate surface area is 83.1 Å². The molecule has 0 unspecified atom stereocenters. The van der Waals surface area contributed by atoms with Gasteiger partial charge in [0.15, 0.2) is 0 Å². The molecule has 2 aliphatic rings. The summed E-state index contributed by atoms with van der Waals surface area (Å²) in [4.78, 5) is 22.5. The summed E-state index contributed by atoms with van der Waals surface area (Å²) in [5.41, 5.74) is 1.28. The van der Waals surface area contributed by atoms with Crippen molar-refractivity contribution in [2.24, 2.45) is 17.8 Å². The second-order valence-corrected chi connectivity index (χ2v) is 4.33. The van der Waals surface area contributed by atoms with Gasteiger partial charge in [-0.3, -0.25) is 9.59 Å². The van der Waals surface area contributed by atoms with Gasteiger partial charge in [0.2, 0.25) is 0 Å². The molecular formula is C11H14O3. The highest BCUT2D eigenvalue weighted by molar-refractivity contribution is 5.96. The van der Waals surface area contributed by atoms with Gasteiger partial charge in [-0.25, -0.2) is 0 Å². The molecule has 0 aromatic rings. The van der Waals surface area contributed by atoms with E-state index in [-0.39, 0.29) is 23.8 Å². The predicted molar refractivity (Wildman–Crippen MR) is 50.2 cm³/mol. The number of carbonyl (C=O) groups is 2. The summed E-state index contributed by atoms with van der Waals surface area (Å²) in [7, 11) is 0. The van der Waals surface area contributed by atoms with Crippen molar-refractivity contribution < 1.29 is 14.3 Å². The zero-order chi connectivity index (χ0) is 10.3. The van der Waals surface area contributed by atoms with Gasteiger partial charge >= 0.3 is 11.9 Å². The molecule has 1 fully saturated rings. The molecule has 0 aromatic heterocycles. The molecule has 3 heteroatoms. The Kier molecular flexibility index (Phi) is 2.17. The highest BCUT2D eigenvalue weighted by Crippen LogP contribution is 2.38. The Morgan fingerprint density at radius 3 is 2.57 bits per heavy atom. The maximum atomic E-state index is 11.3. The molecule has 2 rings (SSSR count). The lowest BCUT2D eigenvalue weighted by Gasteiger charge is -2.22. The third kappa shape index (κ3) is 1.37. The average molecular weight is 194 g/mol. The first kappa shape index (κ1) is 9.44. The van der Waals surface area contributed by atoms with Gasteiger partial charge in [0.05, 0.1) is 11.8 Å². The fourth-order valence-electron chi connectivity index (χ4n) is 2.15. The largest absolute Gasteiger partial charge is 0.393 e. The van der Waals surface area contributed by atoms with Gasteiger partial charge < -0.3 is 4.74 Å². The van der Waals surface area contributed by atoms with Crippen LogP contribution in [0.5, 0.6) is 0 Å². The third-order valence-electron chi connectivity index (χ3n) is 3.12. The molecule has 1 heterocycles. The maximum absolute atomic E-state index is 11.3. The van der Waals surface area contributed by atoms with Crippen LogP contribution in [0, 0.1) is 17.8 Å². The van der Waals surface area contributed by atoms with Gasteiger partial charge in [-0.1, -0.05) is 25.5 Å². The summed E-state index contributed by atoms with van der Waals surface area (Å²) in [5.74, 6) is -0.611. The lowest BCUT2D eigenvalue weighted by atomic mass is 9.78. The Hall–Kier alpha value is -1.12. The minimum atomic E-state index is -0.334. The molecule has 1 aliphatic heterocycles. The number of allylic oxidation sites excluding steroid dienone is 2. The van der Waals surface area contributed by atoms with E-state index in [4.69, 9.17) is 0 Å². The smallest absolute Gasteiger partial charge is 0.317 e. The molecule has 76 valence electrons. The summed E-state index contributed by atoms with van der Waals surface area (Å²) in [5, 5.41) is 0. The van der Waals surface area contributed by atoms with Crippen molar-refractivity contribution in [3.63, 3.8) is 0 Å². The highest BCUT2D eigenvalue weighted by Gasteiger charge is 2.45. The van der Waals surface area contributed by atoms with Crippen LogP contribution in [0.3, 0.4) is 0 Å². The van der Waals surface area contributed by atoms with Gasteiger partial charge in [-0.05, 0) is 18.8 Å². The molecule has 1 saturated heterocycles. The summed E-state index contributed by atoms with van der Waals surface area (Å²) in [6.07, 6.45) is 3.46. The van der Waals surface area contributed by atoms with E-state index in [2.05, 4.69) is 24.7 Å². The Morgan fingerprint density at radius 1 is 1.29 bits per heavy atom. The van der Waals surface area contributed by atoms with Crippen molar-refractivity contribution in [2.45, 2.75) is 26.7 Å². The van der Waals surface area contributed by atoms with Gasteiger partial charge in [-0.15, -0.1) is 0 Å². The molecule has 0 N–H and O–H groups in total. The van der Waals surface area contributed by atoms with E-state index in [1.54, 1.807) is 0 Å². The van der Waals surface area contributed by atoms with Crippen LogP contribution < -0.4 is 0 Å². The van der Waals surface area contributed by atoms with Gasteiger partial charge in [0, 0.05) is 0 Å². The summed E-state index contributed by atoms with van der Waals surface area (Å²) < 4.78 is 4.63. The number of hydrogen-bond donors (Lipinski definition) is 0. The fraction of sp³-hybridized carbons (Fsp3) is 0.636. The SMILES string of the molecule is CC(C)C1=CC[C@H]2C(=O)OC(=O)[C@H]2C1. The molecule has 0 spiro atoms. The van der Waals surface area contributed by atoms with Crippen LogP contribution in [0.2, 0.25) is 0 Å². The van der Waals surface area contributed by atoms with E-state index in [0.717, 1.165) is 0 Å². The van der Waals surface area contributed by atoms with E-state index >= 15 is 0 Å². The molecule has 0 saturated carbocycles. The third-order valence-corrected chi connectivity index (χ3v) is 3.12. The normalized spacial score (nSPS) is 31.5. The van der Waals surface area contributed by atoms with Crippen molar-refractivity contribution in [3.05, 3.63) is 11.6 Å². The summed E-state index contributed by atoms with van der Waals surface area (Å²) >= 11 is 0. The van der Waals surface area contributed by atoms with E-state index in [0.29, 0.717) is 18.8 Å². The van der Waals surface area contributed by atoms with Crippen LogP contribution in [-0.2, 0) is 14.3 Å². The van der Waals surface area contributed by atoms with Crippen molar-refractivity contribution in [1.82, 2.24) is 0 Å². The molecule has 0 amide bonds. The van der Waals surface area contributed by atoms with Crippen LogP contribution in [0.1, 0.15) is 26.7 Å². The number of hydrogen-bond acceptors (Lipinski definition) is 3. The fourth-order valence-corrected chi connectivity index (χ4v) is 2.15. The predicted octanol–water partition coefficient (Wildman–Crippen LogP) is 1.68. The number of cyclic esters (lactones) is 2. The first-order valence-electron chi connectivity index (χ1n) is 5.04. The highest BCUT2D eigenvalue weighted by atomic mass is 16.6. The van der Waals surface area contributed by atoms with Crippen molar-refractivity contribution in [2.75, 3.05) is 0 Å².